The zero-order chi connectivity index (χ0) is 14.1. The van der Waals surface area contributed by atoms with Crippen LogP contribution in [0.15, 0.2) is 24.5 Å². The van der Waals surface area contributed by atoms with Crippen LogP contribution >= 0.6 is 0 Å². The molecular weight excluding hydrogens is 246 g/mol. The van der Waals surface area contributed by atoms with E-state index in [2.05, 4.69) is 4.98 Å². The first kappa shape index (κ1) is 16.0. The van der Waals surface area contributed by atoms with E-state index in [4.69, 9.17) is 25.5 Å². The van der Waals surface area contributed by atoms with E-state index in [1.165, 1.54) is 0 Å². The first-order valence-corrected chi connectivity index (χ1v) is 4.71. The van der Waals surface area contributed by atoms with Gasteiger partial charge in [0.25, 0.3) is 0 Å². The molecule has 1 rings (SSSR count). The lowest BCUT2D eigenvalue weighted by molar-refractivity contribution is -0.165. The van der Waals surface area contributed by atoms with E-state index in [0.29, 0.717) is 0 Å². The smallest absolute Gasteiger partial charge is 0.335 e. The van der Waals surface area contributed by atoms with Gasteiger partial charge < -0.3 is 25.5 Å². The van der Waals surface area contributed by atoms with Gasteiger partial charge in [0.2, 0.25) is 0 Å². The lowest BCUT2D eigenvalue weighted by atomic mass is 10.2. The van der Waals surface area contributed by atoms with Crippen LogP contribution in [-0.4, -0.2) is 54.7 Å². The van der Waals surface area contributed by atoms with Crippen molar-refractivity contribution < 1.29 is 35.1 Å². The quantitative estimate of drug-likeness (QED) is 0.436. The van der Waals surface area contributed by atoms with Crippen LogP contribution in [0.3, 0.4) is 0 Å². The van der Waals surface area contributed by atoms with Crippen molar-refractivity contribution >= 4 is 11.9 Å². The summed E-state index contributed by atoms with van der Waals surface area (Å²) >= 11 is 0. The van der Waals surface area contributed by atoms with Gasteiger partial charge in [-0.1, -0.05) is 6.07 Å². The molecule has 0 spiro atoms. The Kier molecular flexibility index (Phi) is 7.20. The normalized spacial score (nSPS) is 12.8. The number of nitrogens with zero attached hydrogens (tertiary/aromatic N) is 1. The number of aliphatic hydroxyl groups is 3. The number of hydrogen-bond donors (Lipinski definition) is 5. The largest absolute Gasteiger partial charge is 0.479 e. The number of carboxylic acid groups (broad SMARTS) is 2. The Balaban J connectivity index is 0.000000327. The molecule has 0 fully saturated rings. The molecule has 0 aliphatic rings. The van der Waals surface area contributed by atoms with Crippen molar-refractivity contribution in [1.29, 1.82) is 0 Å². The summed E-state index contributed by atoms with van der Waals surface area (Å²) in [6.07, 6.45) is -1.21. The molecule has 0 aliphatic heterocycles. The zero-order valence-electron chi connectivity index (χ0n) is 9.17. The second kappa shape index (κ2) is 8.12. The van der Waals surface area contributed by atoms with Gasteiger partial charge in [-0.05, 0) is 11.6 Å². The second-order valence-electron chi connectivity index (χ2n) is 3.09. The van der Waals surface area contributed by atoms with Gasteiger partial charge in [-0.25, -0.2) is 9.59 Å². The van der Waals surface area contributed by atoms with E-state index < -0.39 is 24.1 Å². The molecule has 8 nitrogen and oxygen atoms in total. The molecule has 18 heavy (non-hydrogen) atoms. The lowest BCUT2D eigenvalue weighted by Crippen LogP contribution is -2.39. The third-order valence-electron chi connectivity index (χ3n) is 1.71. The lowest BCUT2D eigenvalue weighted by Gasteiger charge is -2.07. The zero-order valence-corrected chi connectivity index (χ0v) is 9.17. The predicted molar refractivity (Wildman–Crippen MR) is 57.4 cm³/mol. The molecular formula is C10H13NO7. The minimum atomic E-state index is -2.27. The average molecular weight is 259 g/mol. The molecule has 5 N–H and O–H groups in total. The molecule has 1 aromatic rings. The Morgan fingerprint density at radius 3 is 1.89 bits per heavy atom. The Bertz CT molecular complexity index is 363. The van der Waals surface area contributed by atoms with Crippen LogP contribution in [0, 0.1) is 0 Å². The average Bonchev–Trinajstić information content (AvgIpc) is 2.38. The molecule has 2 atom stereocenters. The third kappa shape index (κ3) is 5.89. The van der Waals surface area contributed by atoms with E-state index in [9.17, 15) is 9.59 Å². The maximum atomic E-state index is 9.77. The predicted octanol–water partition coefficient (Wildman–Crippen LogP) is -1.55. The van der Waals surface area contributed by atoms with Crippen molar-refractivity contribution in [3.05, 3.63) is 30.1 Å². The minimum Gasteiger partial charge on any atom is -0.479 e. The highest BCUT2D eigenvalue weighted by Crippen LogP contribution is 1.93. The van der Waals surface area contributed by atoms with Crippen molar-refractivity contribution in [2.75, 3.05) is 0 Å². The monoisotopic (exact) mass is 259 g/mol. The number of aliphatic carboxylic acids is 2. The fourth-order valence-electron chi connectivity index (χ4n) is 0.762. The van der Waals surface area contributed by atoms with Crippen LogP contribution in [0.5, 0.6) is 0 Å². The molecule has 2 unspecified atom stereocenters. The summed E-state index contributed by atoms with van der Waals surface area (Å²) in [4.78, 5) is 23.3. The number of carboxylic acids is 2. The van der Waals surface area contributed by atoms with E-state index in [0.717, 1.165) is 5.56 Å². The van der Waals surface area contributed by atoms with E-state index in [1.807, 2.05) is 6.07 Å². The Morgan fingerprint density at radius 1 is 1.17 bits per heavy atom. The van der Waals surface area contributed by atoms with Crippen LogP contribution in [0.2, 0.25) is 0 Å². The third-order valence-corrected chi connectivity index (χ3v) is 1.71. The van der Waals surface area contributed by atoms with Gasteiger partial charge >= 0.3 is 11.9 Å². The van der Waals surface area contributed by atoms with Gasteiger partial charge in [-0.2, -0.15) is 0 Å². The van der Waals surface area contributed by atoms with E-state index in [1.54, 1.807) is 18.5 Å². The van der Waals surface area contributed by atoms with Gasteiger partial charge in [0.1, 0.15) is 0 Å². The van der Waals surface area contributed by atoms with Crippen LogP contribution in [0.25, 0.3) is 0 Å². The van der Waals surface area contributed by atoms with Crippen molar-refractivity contribution in [3.63, 3.8) is 0 Å². The first-order chi connectivity index (χ1) is 8.40. The SMILES string of the molecule is O=C(O)C(O)C(O)C(=O)O.OCc1cccnc1. The number of hydrogen-bond acceptors (Lipinski definition) is 6. The summed E-state index contributed by atoms with van der Waals surface area (Å²) in [6, 6.07) is 3.62. The van der Waals surface area contributed by atoms with Gasteiger partial charge in [-0.15, -0.1) is 0 Å². The van der Waals surface area contributed by atoms with Crippen molar-refractivity contribution in [2.45, 2.75) is 18.8 Å². The molecule has 1 heterocycles. The Labute approximate surface area is 102 Å². The topological polar surface area (TPSA) is 148 Å². The van der Waals surface area contributed by atoms with Crippen LogP contribution in [-0.2, 0) is 16.2 Å². The fourth-order valence-corrected chi connectivity index (χ4v) is 0.762. The van der Waals surface area contributed by atoms with Gasteiger partial charge in [-0.3, -0.25) is 4.98 Å². The number of rotatable bonds is 4. The number of carbonyl (C=O) groups is 2. The molecule has 0 bridgehead atoms. The van der Waals surface area contributed by atoms with Gasteiger partial charge in [0.05, 0.1) is 6.61 Å². The van der Waals surface area contributed by atoms with Crippen LogP contribution in [0.1, 0.15) is 5.56 Å². The first-order valence-electron chi connectivity index (χ1n) is 4.71. The molecule has 1 aromatic heterocycles. The molecule has 0 saturated heterocycles. The summed E-state index contributed by atoms with van der Waals surface area (Å²) in [7, 11) is 0. The summed E-state index contributed by atoms with van der Waals surface area (Å²) < 4.78 is 0. The molecule has 0 radical (unpaired) electrons. The molecule has 8 heteroatoms. The van der Waals surface area contributed by atoms with Gasteiger partial charge in [0.15, 0.2) is 12.2 Å². The fraction of sp³-hybridized carbons (Fsp3) is 0.300. The van der Waals surface area contributed by atoms with Crippen molar-refractivity contribution in [1.82, 2.24) is 4.98 Å². The summed E-state index contributed by atoms with van der Waals surface area (Å²) in [5.41, 5.74) is 0.854. The summed E-state index contributed by atoms with van der Waals surface area (Å²) in [6.45, 7) is 0.0772. The van der Waals surface area contributed by atoms with Crippen LogP contribution < -0.4 is 0 Å². The van der Waals surface area contributed by atoms with Crippen molar-refractivity contribution in [2.24, 2.45) is 0 Å². The minimum absolute atomic E-state index is 0.0772. The highest BCUT2D eigenvalue weighted by molar-refractivity contribution is 5.83. The highest BCUT2D eigenvalue weighted by atomic mass is 16.4. The molecule has 0 aliphatic carbocycles. The molecule has 100 valence electrons. The maximum Gasteiger partial charge on any atom is 0.335 e. The summed E-state index contributed by atoms with van der Waals surface area (Å²) in [5.74, 6) is -3.54. The molecule has 0 amide bonds. The molecule has 0 saturated carbocycles. The Hall–Kier alpha value is -2.03. The number of pyridine rings is 1. The number of aromatic nitrogens is 1. The van der Waals surface area contributed by atoms with E-state index in [-0.39, 0.29) is 6.61 Å². The highest BCUT2D eigenvalue weighted by Gasteiger charge is 2.29. The Morgan fingerprint density at radius 2 is 1.67 bits per heavy atom. The molecule has 0 aromatic carbocycles. The summed E-state index contributed by atoms with van der Waals surface area (Å²) in [5, 5.41) is 41.0. The van der Waals surface area contributed by atoms with Gasteiger partial charge in [0, 0.05) is 12.4 Å². The second-order valence-corrected chi connectivity index (χ2v) is 3.09. The van der Waals surface area contributed by atoms with Crippen LogP contribution in [0.4, 0.5) is 0 Å². The standard InChI is InChI=1S/C6H7NO.C4H6O6/c8-5-6-2-1-3-7-4-6;5-1(3(7)8)2(6)4(9)10/h1-4,8H,5H2;1-2,5-6H,(H,7,8)(H,9,10). The van der Waals surface area contributed by atoms with E-state index >= 15 is 0 Å². The maximum absolute atomic E-state index is 9.77. The number of aliphatic hydroxyl groups excluding tert-OH is 3. The van der Waals surface area contributed by atoms with Crippen molar-refractivity contribution in [3.8, 4) is 0 Å².